The van der Waals surface area contributed by atoms with Crippen molar-refractivity contribution in [3.8, 4) is 0 Å². The van der Waals surface area contributed by atoms with Crippen molar-refractivity contribution in [2.75, 3.05) is 34.0 Å². The van der Waals surface area contributed by atoms with E-state index in [0.717, 1.165) is 6.42 Å². The molecule has 0 aliphatic rings. The van der Waals surface area contributed by atoms with Crippen LogP contribution < -0.4 is 5.73 Å². The minimum absolute atomic E-state index is 0. The molecule has 0 rings (SSSR count). The molecule has 22 heavy (non-hydrogen) atoms. The van der Waals surface area contributed by atoms with Crippen LogP contribution in [-0.2, 0) is 40.7 Å². The van der Waals surface area contributed by atoms with Crippen molar-refractivity contribution in [3.63, 3.8) is 0 Å². The van der Waals surface area contributed by atoms with Crippen LogP contribution in [0.25, 0.3) is 0 Å². The zero-order valence-electron chi connectivity index (χ0n) is 15.1. The number of hydrogen-bond acceptors (Lipinski definition) is 7. The summed E-state index contributed by atoms with van der Waals surface area (Å²) in [5, 5.41) is 17.8. The van der Waals surface area contributed by atoms with Gasteiger partial charge in [0.05, 0.1) is 0 Å². The van der Waals surface area contributed by atoms with Gasteiger partial charge in [0.15, 0.2) is 0 Å². The quantitative estimate of drug-likeness (QED) is 0.357. The topological polar surface area (TPSA) is 103 Å². The van der Waals surface area contributed by atoms with Gasteiger partial charge in [-0.2, -0.15) is 6.42 Å². The number of aliphatic hydroxyl groups is 2. The summed E-state index contributed by atoms with van der Waals surface area (Å²) >= 11 is 0. The van der Waals surface area contributed by atoms with E-state index < -0.39 is 11.9 Å². The standard InChI is InChI=1S/2C5H12O3.C3H8N.CH3.Ti/c2*1-4-8-5(2,6)7-3;1-2-3-4;;/h2*6H,4H2,1-3H3;1-4H2;1H3;/q;;2*-1;+2. The van der Waals surface area contributed by atoms with Gasteiger partial charge >= 0.3 is 21.7 Å². The van der Waals surface area contributed by atoms with E-state index in [0.29, 0.717) is 19.8 Å². The second-order valence-corrected chi connectivity index (χ2v) is 3.71. The molecule has 0 bridgehead atoms. The van der Waals surface area contributed by atoms with Gasteiger partial charge in [-0.3, -0.25) is 0 Å². The molecule has 136 valence electrons. The molecule has 0 saturated carbocycles. The van der Waals surface area contributed by atoms with Gasteiger partial charge in [-0.25, -0.2) is 0 Å². The molecule has 0 aromatic rings. The van der Waals surface area contributed by atoms with Crippen LogP contribution in [0.1, 0.15) is 34.1 Å². The maximum Gasteiger partial charge on any atom is 2.00 e. The average molecular weight is 361 g/mol. The Hall–Kier alpha value is 0.434. The first-order valence-corrected chi connectivity index (χ1v) is 6.48. The predicted octanol–water partition coefficient (Wildman–Crippen LogP) is 1.29. The molecule has 0 amide bonds. The Labute approximate surface area is 151 Å². The number of hydrogen-bond donors (Lipinski definition) is 3. The van der Waals surface area contributed by atoms with Crippen LogP contribution in [0.3, 0.4) is 0 Å². The average Bonchev–Trinajstić information content (AvgIpc) is 2.40. The van der Waals surface area contributed by atoms with Crippen LogP contribution in [0.2, 0.25) is 0 Å². The van der Waals surface area contributed by atoms with Crippen molar-refractivity contribution >= 4 is 0 Å². The van der Waals surface area contributed by atoms with E-state index in [1.54, 1.807) is 13.8 Å². The van der Waals surface area contributed by atoms with Crippen molar-refractivity contribution in [2.24, 2.45) is 5.73 Å². The van der Waals surface area contributed by atoms with E-state index in [-0.39, 0.29) is 29.1 Å². The maximum atomic E-state index is 8.88. The van der Waals surface area contributed by atoms with Gasteiger partial charge in [0.1, 0.15) is 0 Å². The number of methoxy groups -OCH3 is 2. The molecule has 0 aromatic carbocycles. The molecule has 0 radical (unpaired) electrons. The van der Waals surface area contributed by atoms with Crippen molar-refractivity contribution in [2.45, 2.75) is 46.1 Å². The van der Waals surface area contributed by atoms with Gasteiger partial charge in [0.25, 0.3) is 11.9 Å². The largest absolute Gasteiger partial charge is 2.00 e. The Balaban J connectivity index is -0.0000000661. The molecule has 4 N–H and O–H groups in total. The van der Waals surface area contributed by atoms with Crippen LogP contribution in [0, 0.1) is 14.4 Å². The fraction of sp³-hybridized carbons (Fsp3) is 0.857. The van der Waals surface area contributed by atoms with Crippen LogP contribution >= 0.6 is 0 Å². The van der Waals surface area contributed by atoms with Crippen molar-refractivity contribution < 1.29 is 50.9 Å². The van der Waals surface area contributed by atoms with E-state index in [4.69, 9.17) is 25.4 Å². The Kier molecular flexibility index (Phi) is 33.0. The first kappa shape index (κ1) is 33.9. The van der Waals surface area contributed by atoms with E-state index in [9.17, 15) is 0 Å². The van der Waals surface area contributed by atoms with Crippen molar-refractivity contribution in [3.05, 3.63) is 14.4 Å². The SMILES string of the molecule is CCOC(C)(O)OC.CCOC(C)(O)OC.[CH2-]CCN.[CH3-].[Ti+2]. The van der Waals surface area contributed by atoms with Crippen molar-refractivity contribution in [1.29, 1.82) is 0 Å². The molecule has 0 aliphatic carbocycles. The molecule has 2 unspecified atom stereocenters. The number of nitrogens with two attached hydrogens (primary N) is 1. The summed E-state index contributed by atoms with van der Waals surface area (Å²) in [4.78, 5) is 0. The van der Waals surface area contributed by atoms with Gasteiger partial charge in [-0.05, 0) is 20.4 Å². The molecule has 0 fully saturated rings. The second kappa shape index (κ2) is 21.4. The minimum atomic E-state index is -1.41. The van der Waals surface area contributed by atoms with Crippen LogP contribution in [0.15, 0.2) is 0 Å². The number of ether oxygens (including phenoxy) is 4. The molecule has 8 heteroatoms. The van der Waals surface area contributed by atoms with E-state index in [1.807, 2.05) is 0 Å². The fourth-order valence-corrected chi connectivity index (χ4v) is 0.653. The Morgan fingerprint density at radius 2 is 1.18 bits per heavy atom. The summed E-state index contributed by atoms with van der Waals surface area (Å²) in [6.07, 6.45) is 0.847. The number of rotatable bonds is 7. The van der Waals surface area contributed by atoms with Gasteiger partial charge in [-0.15, -0.1) is 0 Å². The summed E-state index contributed by atoms with van der Waals surface area (Å²) in [6.45, 7) is 11.5. The summed E-state index contributed by atoms with van der Waals surface area (Å²) < 4.78 is 18.4. The maximum absolute atomic E-state index is 8.88. The van der Waals surface area contributed by atoms with E-state index in [1.165, 1.54) is 28.1 Å². The summed E-state index contributed by atoms with van der Waals surface area (Å²) in [5.41, 5.74) is 4.97. The summed E-state index contributed by atoms with van der Waals surface area (Å²) in [7, 11) is 2.77. The first-order chi connectivity index (χ1) is 9.16. The third-order valence-corrected chi connectivity index (χ3v) is 1.79. The van der Waals surface area contributed by atoms with E-state index in [2.05, 4.69) is 16.4 Å². The van der Waals surface area contributed by atoms with Crippen molar-refractivity contribution in [1.82, 2.24) is 0 Å². The molecule has 0 heterocycles. The van der Waals surface area contributed by atoms with Gasteiger partial charge < -0.3 is 49.2 Å². The van der Waals surface area contributed by atoms with E-state index >= 15 is 0 Å². The smallest absolute Gasteiger partial charge is 0.358 e. The monoisotopic (exact) mass is 361 g/mol. The van der Waals surface area contributed by atoms with Gasteiger partial charge in [0.2, 0.25) is 0 Å². The second-order valence-electron chi connectivity index (χ2n) is 3.71. The Morgan fingerprint density at radius 3 is 1.23 bits per heavy atom. The summed E-state index contributed by atoms with van der Waals surface area (Å²) in [6, 6.07) is 0. The predicted molar refractivity (Wildman–Crippen MR) is 84.0 cm³/mol. The molecular formula is C14H35NO6Ti. The molecule has 7 nitrogen and oxygen atoms in total. The Bertz CT molecular complexity index is 174. The molecule has 0 aromatic heterocycles. The van der Waals surface area contributed by atoms with Gasteiger partial charge in [-0.1, -0.05) is 0 Å². The molecule has 2 atom stereocenters. The molecule has 0 spiro atoms. The minimum Gasteiger partial charge on any atom is -0.358 e. The molecule has 0 saturated heterocycles. The summed E-state index contributed by atoms with van der Waals surface area (Å²) in [5.74, 6) is -2.82. The molecular weight excluding hydrogens is 326 g/mol. The van der Waals surface area contributed by atoms with Crippen LogP contribution in [0.4, 0.5) is 0 Å². The third-order valence-electron chi connectivity index (χ3n) is 1.79. The normalized spacial score (nSPS) is 14.5. The third kappa shape index (κ3) is 32.4. The fourth-order valence-electron chi connectivity index (χ4n) is 0.653. The van der Waals surface area contributed by atoms with Crippen LogP contribution in [0.5, 0.6) is 0 Å². The van der Waals surface area contributed by atoms with Crippen LogP contribution in [-0.4, -0.2) is 56.1 Å². The zero-order chi connectivity index (χ0) is 16.7. The molecule has 0 aliphatic heterocycles. The van der Waals surface area contributed by atoms with Gasteiger partial charge in [0, 0.05) is 41.3 Å². The zero-order valence-corrected chi connectivity index (χ0v) is 16.7. The Morgan fingerprint density at radius 1 is 0.955 bits per heavy atom. The first-order valence-electron chi connectivity index (χ1n) is 6.48.